The highest BCUT2D eigenvalue weighted by Gasteiger charge is 2.20. The fourth-order valence-corrected chi connectivity index (χ4v) is 7.95. The molecule has 8 aromatic carbocycles. The van der Waals surface area contributed by atoms with Gasteiger partial charge >= 0.3 is 0 Å². The van der Waals surface area contributed by atoms with E-state index in [0.29, 0.717) is 17.5 Å². The van der Waals surface area contributed by atoms with Gasteiger partial charge in [0.25, 0.3) is 0 Å². The molecule has 56 heavy (non-hydrogen) atoms. The molecule has 5 heteroatoms. The molecule has 0 saturated heterocycles. The third-order valence-electron chi connectivity index (χ3n) is 10.7. The van der Waals surface area contributed by atoms with Crippen LogP contribution in [0.4, 0.5) is 0 Å². The van der Waals surface area contributed by atoms with Gasteiger partial charge in [0.1, 0.15) is 11.2 Å². The molecule has 0 aliphatic heterocycles. The van der Waals surface area contributed by atoms with Crippen LogP contribution in [0, 0.1) is 0 Å². The zero-order valence-corrected chi connectivity index (χ0v) is 30.2. The summed E-state index contributed by atoms with van der Waals surface area (Å²) >= 11 is 0. The fraction of sp³-hybridized carbons (Fsp3) is 0. The predicted molar refractivity (Wildman–Crippen MR) is 229 cm³/mol. The second-order valence-electron chi connectivity index (χ2n) is 14.0. The summed E-state index contributed by atoms with van der Waals surface area (Å²) < 4.78 is 9.22. The SMILES string of the molecule is c1ccc(-c2ccc(-c3nc(-c4ccccc4)nc(-c4ccc5c(c4)oc4c5ccc5c4c4ccccc4n5-c4cccc(-c5ccccc5)c4)n3)cc2)cc1. The Hall–Kier alpha value is -7.63. The highest BCUT2D eigenvalue weighted by atomic mass is 16.3. The van der Waals surface area contributed by atoms with Gasteiger partial charge in [-0.3, -0.25) is 0 Å². The zero-order valence-electron chi connectivity index (χ0n) is 30.2. The third kappa shape index (κ3) is 5.37. The number of rotatable bonds is 6. The number of furan rings is 1. The molecule has 0 bridgehead atoms. The Bertz CT molecular complexity index is 3220. The molecule has 3 aromatic heterocycles. The average Bonchev–Trinajstić information content (AvgIpc) is 3.83. The van der Waals surface area contributed by atoms with Crippen molar-refractivity contribution >= 4 is 43.7 Å². The largest absolute Gasteiger partial charge is 0.455 e. The van der Waals surface area contributed by atoms with Crippen molar-refractivity contribution in [2.45, 2.75) is 0 Å². The van der Waals surface area contributed by atoms with Crippen molar-refractivity contribution in [2.75, 3.05) is 0 Å². The van der Waals surface area contributed by atoms with E-state index >= 15 is 0 Å². The van der Waals surface area contributed by atoms with Gasteiger partial charge in [-0.15, -0.1) is 0 Å². The average molecular weight is 717 g/mol. The van der Waals surface area contributed by atoms with E-state index in [9.17, 15) is 0 Å². The number of para-hydroxylation sites is 1. The number of benzene rings is 8. The van der Waals surface area contributed by atoms with Crippen LogP contribution in [0.15, 0.2) is 199 Å². The summed E-state index contributed by atoms with van der Waals surface area (Å²) in [6.45, 7) is 0. The van der Waals surface area contributed by atoms with Crippen molar-refractivity contribution in [2.24, 2.45) is 0 Å². The molecule has 5 nitrogen and oxygen atoms in total. The van der Waals surface area contributed by atoms with Crippen molar-refractivity contribution in [3.63, 3.8) is 0 Å². The van der Waals surface area contributed by atoms with Crippen LogP contribution in [-0.4, -0.2) is 19.5 Å². The maximum absolute atomic E-state index is 6.88. The highest BCUT2D eigenvalue weighted by Crippen LogP contribution is 2.41. The van der Waals surface area contributed by atoms with Crippen LogP contribution in [0.5, 0.6) is 0 Å². The minimum absolute atomic E-state index is 0.586. The van der Waals surface area contributed by atoms with Crippen LogP contribution in [0.25, 0.3) is 106 Å². The lowest BCUT2D eigenvalue weighted by atomic mass is 10.0. The standard InChI is InChI=1S/C51H32N4O/c1-4-13-33(14-5-1)35-23-25-37(26-24-35)50-52-49(36-17-8-3-9-18-36)53-51(54-50)39-27-28-41-42-29-30-45-47(48(42)56-46(41)32-39)43-21-10-11-22-44(43)55(45)40-20-12-19-38(31-40)34-15-6-2-7-16-34/h1-32H. The topological polar surface area (TPSA) is 56.7 Å². The Kier molecular flexibility index (Phi) is 7.42. The molecule has 0 spiro atoms. The monoisotopic (exact) mass is 716 g/mol. The predicted octanol–water partition coefficient (Wildman–Crippen LogP) is 13.2. The van der Waals surface area contributed by atoms with E-state index in [4.69, 9.17) is 19.4 Å². The van der Waals surface area contributed by atoms with Gasteiger partial charge in [0, 0.05) is 38.5 Å². The normalized spacial score (nSPS) is 11.6. The van der Waals surface area contributed by atoms with Crippen LogP contribution in [-0.2, 0) is 0 Å². The summed E-state index contributed by atoms with van der Waals surface area (Å²) in [5, 5.41) is 4.35. The first-order valence-electron chi connectivity index (χ1n) is 18.8. The van der Waals surface area contributed by atoms with Crippen molar-refractivity contribution in [1.29, 1.82) is 0 Å². The third-order valence-corrected chi connectivity index (χ3v) is 10.7. The quantitative estimate of drug-likeness (QED) is 0.172. The van der Waals surface area contributed by atoms with E-state index in [1.165, 1.54) is 16.7 Å². The molecule has 0 aliphatic carbocycles. The van der Waals surface area contributed by atoms with Crippen molar-refractivity contribution < 1.29 is 4.42 Å². The summed E-state index contributed by atoms with van der Waals surface area (Å²) in [6.07, 6.45) is 0. The summed E-state index contributed by atoms with van der Waals surface area (Å²) in [7, 11) is 0. The molecule has 0 saturated carbocycles. The molecule has 0 atom stereocenters. The summed E-state index contributed by atoms with van der Waals surface area (Å²) in [5.41, 5.74) is 12.3. The molecule has 11 rings (SSSR count). The van der Waals surface area contributed by atoms with E-state index in [0.717, 1.165) is 71.7 Å². The maximum atomic E-state index is 6.88. The maximum Gasteiger partial charge on any atom is 0.164 e. The summed E-state index contributed by atoms with van der Waals surface area (Å²) in [6, 6.07) is 67.4. The number of aromatic nitrogens is 4. The summed E-state index contributed by atoms with van der Waals surface area (Å²) in [4.78, 5) is 15.0. The van der Waals surface area contributed by atoms with E-state index in [2.05, 4.69) is 162 Å². The van der Waals surface area contributed by atoms with Crippen molar-refractivity contribution in [3.05, 3.63) is 194 Å². The van der Waals surface area contributed by atoms with Crippen LogP contribution in [0.3, 0.4) is 0 Å². The van der Waals surface area contributed by atoms with E-state index in [-0.39, 0.29) is 0 Å². The number of nitrogens with zero attached hydrogens (tertiary/aromatic N) is 4. The Morgan fingerprint density at radius 1 is 0.339 bits per heavy atom. The van der Waals surface area contributed by atoms with Crippen LogP contribution < -0.4 is 0 Å². The molecular formula is C51H32N4O. The lowest BCUT2D eigenvalue weighted by molar-refractivity contribution is 0.673. The molecule has 0 radical (unpaired) electrons. The van der Waals surface area contributed by atoms with Gasteiger partial charge in [-0.2, -0.15) is 0 Å². The van der Waals surface area contributed by atoms with Crippen LogP contribution >= 0.6 is 0 Å². The van der Waals surface area contributed by atoms with Gasteiger partial charge in [0.05, 0.1) is 16.4 Å². The minimum atomic E-state index is 0.586. The van der Waals surface area contributed by atoms with Gasteiger partial charge in [-0.05, 0) is 64.7 Å². The molecule has 11 aromatic rings. The fourth-order valence-electron chi connectivity index (χ4n) is 7.95. The minimum Gasteiger partial charge on any atom is -0.455 e. The Balaban J connectivity index is 1.06. The molecule has 0 aliphatic rings. The summed E-state index contributed by atoms with van der Waals surface area (Å²) in [5.74, 6) is 1.82. The second kappa shape index (κ2) is 13.0. The van der Waals surface area contributed by atoms with E-state index in [1.54, 1.807) is 0 Å². The lowest BCUT2D eigenvalue weighted by Crippen LogP contribution is -2.00. The van der Waals surface area contributed by atoms with Gasteiger partial charge in [-0.25, -0.2) is 15.0 Å². The van der Waals surface area contributed by atoms with Crippen molar-refractivity contribution in [3.8, 4) is 62.1 Å². The highest BCUT2D eigenvalue weighted by molar-refractivity contribution is 6.24. The first kappa shape index (κ1) is 31.9. The molecule has 0 fully saturated rings. The molecule has 0 amide bonds. The molecule has 0 unspecified atom stereocenters. The van der Waals surface area contributed by atoms with Gasteiger partial charge in [-0.1, -0.05) is 152 Å². The zero-order chi connectivity index (χ0) is 37.0. The molecule has 3 heterocycles. The van der Waals surface area contributed by atoms with E-state index in [1.807, 2.05) is 36.4 Å². The molecule has 0 N–H and O–H groups in total. The second-order valence-corrected chi connectivity index (χ2v) is 14.0. The number of fused-ring (bicyclic) bond motifs is 7. The van der Waals surface area contributed by atoms with E-state index < -0.39 is 0 Å². The first-order chi connectivity index (χ1) is 27.7. The van der Waals surface area contributed by atoms with Crippen LogP contribution in [0.2, 0.25) is 0 Å². The lowest BCUT2D eigenvalue weighted by Gasteiger charge is -2.10. The van der Waals surface area contributed by atoms with Crippen molar-refractivity contribution in [1.82, 2.24) is 19.5 Å². The Morgan fingerprint density at radius 2 is 0.857 bits per heavy atom. The first-order valence-corrected chi connectivity index (χ1v) is 18.8. The molecular weight excluding hydrogens is 685 g/mol. The number of hydrogen-bond donors (Lipinski definition) is 0. The van der Waals surface area contributed by atoms with Gasteiger partial charge < -0.3 is 8.98 Å². The Morgan fingerprint density at radius 3 is 1.57 bits per heavy atom. The smallest absolute Gasteiger partial charge is 0.164 e. The molecule has 262 valence electrons. The van der Waals surface area contributed by atoms with Gasteiger partial charge in [0.2, 0.25) is 0 Å². The van der Waals surface area contributed by atoms with Crippen LogP contribution in [0.1, 0.15) is 0 Å². The van der Waals surface area contributed by atoms with Gasteiger partial charge in [0.15, 0.2) is 17.5 Å². The number of hydrogen-bond acceptors (Lipinski definition) is 4. The Labute approximate surface area is 322 Å².